The van der Waals surface area contributed by atoms with Crippen molar-refractivity contribution in [2.75, 3.05) is 37.7 Å². The Morgan fingerprint density at radius 2 is 1.91 bits per heavy atom. The van der Waals surface area contributed by atoms with Crippen LogP contribution in [0.1, 0.15) is 41.0 Å². The van der Waals surface area contributed by atoms with E-state index >= 15 is 0 Å². The number of rotatable bonds is 8. The van der Waals surface area contributed by atoms with Crippen LogP contribution >= 0.6 is 35.7 Å². The van der Waals surface area contributed by atoms with Gasteiger partial charge in [0.05, 0.1) is 12.1 Å². The molecular weight excluding hydrogens is 423 g/mol. The summed E-state index contributed by atoms with van der Waals surface area (Å²) in [5.74, 6) is 2.64. The molecule has 1 fully saturated rings. The predicted octanol–water partition coefficient (Wildman–Crippen LogP) is 2.15. The number of hydrogen-bond donors (Lipinski definition) is 3. The van der Waals surface area contributed by atoms with Crippen LogP contribution < -0.4 is 10.6 Å². The number of aliphatic imine (C=N–C) groups is 1. The number of thioether (sulfide) groups is 1. The summed E-state index contributed by atoms with van der Waals surface area (Å²) in [6.07, 6.45) is 0.842. The van der Waals surface area contributed by atoms with Crippen molar-refractivity contribution in [3.63, 3.8) is 0 Å². The van der Waals surface area contributed by atoms with Gasteiger partial charge in [-0.1, -0.05) is 0 Å². The fourth-order valence-electron chi connectivity index (χ4n) is 2.71. The van der Waals surface area contributed by atoms with Gasteiger partial charge in [0.2, 0.25) is 0 Å². The van der Waals surface area contributed by atoms with Crippen LogP contribution in [0.3, 0.4) is 0 Å². The van der Waals surface area contributed by atoms with Crippen molar-refractivity contribution in [3.05, 3.63) is 0 Å². The van der Waals surface area contributed by atoms with Gasteiger partial charge in [0.15, 0.2) is 5.96 Å². The van der Waals surface area contributed by atoms with Crippen LogP contribution in [0, 0.1) is 0 Å². The van der Waals surface area contributed by atoms with E-state index in [1.165, 1.54) is 0 Å². The third kappa shape index (κ3) is 8.79. The molecule has 1 atom stereocenters. The summed E-state index contributed by atoms with van der Waals surface area (Å²) >= 11 is 1.81. The number of hydrogen-bond acceptors (Lipinski definition) is 4. The molecule has 0 aromatic heterocycles. The highest BCUT2D eigenvalue weighted by Crippen LogP contribution is 2.27. The molecule has 0 saturated carbocycles. The molecule has 1 saturated heterocycles. The molecule has 5 nitrogen and oxygen atoms in total. The van der Waals surface area contributed by atoms with Crippen LogP contribution in [-0.4, -0.2) is 71.3 Å². The summed E-state index contributed by atoms with van der Waals surface area (Å²) < 4.78 is 0. The van der Waals surface area contributed by atoms with E-state index < -0.39 is 5.60 Å². The van der Waals surface area contributed by atoms with E-state index in [2.05, 4.69) is 55.1 Å². The first-order chi connectivity index (χ1) is 10.4. The fraction of sp³-hybridized carbons (Fsp3) is 0.938. The first-order valence-electron chi connectivity index (χ1n) is 8.46. The maximum atomic E-state index is 10.4. The van der Waals surface area contributed by atoms with E-state index in [-0.39, 0.29) is 24.0 Å². The van der Waals surface area contributed by atoms with Gasteiger partial charge in [0.1, 0.15) is 0 Å². The number of guanidine groups is 1. The lowest BCUT2D eigenvalue weighted by Gasteiger charge is -2.30. The maximum Gasteiger partial charge on any atom is 0.191 e. The third-order valence-electron chi connectivity index (χ3n) is 3.95. The maximum absolute atomic E-state index is 10.4. The lowest BCUT2D eigenvalue weighted by molar-refractivity contribution is 0.0778. The van der Waals surface area contributed by atoms with E-state index in [4.69, 9.17) is 0 Å². The highest BCUT2D eigenvalue weighted by molar-refractivity contribution is 14.0. The van der Waals surface area contributed by atoms with Crippen molar-refractivity contribution in [2.24, 2.45) is 4.99 Å². The topological polar surface area (TPSA) is 59.9 Å². The van der Waals surface area contributed by atoms with Crippen molar-refractivity contribution >= 4 is 41.7 Å². The van der Waals surface area contributed by atoms with E-state index in [9.17, 15) is 5.11 Å². The number of nitrogens with one attached hydrogen (secondary N) is 2. The van der Waals surface area contributed by atoms with Crippen LogP contribution in [0.25, 0.3) is 0 Å². The zero-order chi connectivity index (χ0) is 16.6. The third-order valence-corrected chi connectivity index (χ3v) is 5.18. The van der Waals surface area contributed by atoms with Crippen molar-refractivity contribution in [3.8, 4) is 0 Å². The monoisotopic (exact) mass is 458 g/mol. The number of aliphatic hydroxyl groups is 1. The van der Waals surface area contributed by atoms with Crippen LogP contribution in [0.5, 0.6) is 0 Å². The van der Waals surface area contributed by atoms with Gasteiger partial charge in [0, 0.05) is 37.5 Å². The lowest BCUT2D eigenvalue weighted by atomic mass is 10.1. The van der Waals surface area contributed by atoms with Gasteiger partial charge >= 0.3 is 0 Å². The summed E-state index contributed by atoms with van der Waals surface area (Å²) in [7, 11) is 0. The van der Waals surface area contributed by atoms with Crippen molar-refractivity contribution in [1.82, 2.24) is 15.5 Å². The van der Waals surface area contributed by atoms with Crippen molar-refractivity contribution in [1.29, 1.82) is 0 Å². The van der Waals surface area contributed by atoms with E-state index in [0.29, 0.717) is 18.6 Å². The highest BCUT2D eigenvalue weighted by Gasteiger charge is 2.31. The zero-order valence-corrected chi connectivity index (χ0v) is 18.4. The van der Waals surface area contributed by atoms with Crippen LogP contribution in [0.4, 0.5) is 0 Å². The Morgan fingerprint density at radius 1 is 1.26 bits per heavy atom. The van der Waals surface area contributed by atoms with Gasteiger partial charge in [-0.2, -0.15) is 11.8 Å². The smallest absolute Gasteiger partial charge is 0.191 e. The molecule has 0 aromatic rings. The van der Waals surface area contributed by atoms with Gasteiger partial charge in [-0.15, -0.1) is 24.0 Å². The first-order valence-corrected chi connectivity index (χ1v) is 9.61. The number of halogens is 1. The van der Waals surface area contributed by atoms with E-state index in [1.807, 2.05) is 11.8 Å². The minimum Gasteiger partial charge on any atom is -0.387 e. The zero-order valence-electron chi connectivity index (χ0n) is 15.3. The Bertz CT molecular complexity index is 339. The molecule has 7 heteroatoms. The predicted molar refractivity (Wildman–Crippen MR) is 113 cm³/mol. The Labute approximate surface area is 163 Å². The average Bonchev–Trinajstić information content (AvgIpc) is 2.87. The highest BCUT2D eigenvalue weighted by atomic mass is 127. The minimum absolute atomic E-state index is 0. The van der Waals surface area contributed by atoms with Gasteiger partial charge in [-0.25, -0.2) is 0 Å². The van der Waals surface area contributed by atoms with Crippen molar-refractivity contribution in [2.45, 2.75) is 58.7 Å². The second-order valence-corrected chi connectivity index (χ2v) is 7.68. The summed E-state index contributed by atoms with van der Waals surface area (Å²) in [5.41, 5.74) is -0.616. The summed E-state index contributed by atoms with van der Waals surface area (Å²) in [4.78, 5) is 7.02. The summed E-state index contributed by atoms with van der Waals surface area (Å²) in [5, 5.41) is 17.0. The molecule has 0 aliphatic carbocycles. The summed E-state index contributed by atoms with van der Waals surface area (Å²) in [6.45, 7) is 14.1. The molecule has 138 valence electrons. The lowest BCUT2D eigenvalue weighted by Crippen LogP contribution is -2.46. The second kappa shape index (κ2) is 11.8. The molecule has 0 radical (unpaired) electrons. The Hall–Kier alpha value is 0.270. The normalized spacial score (nSPS) is 21.9. The quantitative estimate of drug-likeness (QED) is 0.296. The Balaban J connectivity index is 0.00000484. The molecule has 3 N–H and O–H groups in total. The van der Waals surface area contributed by atoms with E-state index in [0.717, 1.165) is 43.5 Å². The molecule has 1 unspecified atom stereocenters. The summed E-state index contributed by atoms with van der Waals surface area (Å²) in [6, 6.07) is 1.08. The molecule has 0 aromatic carbocycles. The van der Waals surface area contributed by atoms with Gasteiger partial charge in [0.25, 0.3) is 0 Å². The Kier molecular flexibility index (Phi) is 11.9. The second-order valence-electron chi connectivity index (χ2n) is 6.57. The van der Waals surface area contributed by atoms with Gasteiger partial charge in [-0.3, -0.25) is 9.89 Å². The number of nitrogens with zero attached hydrogens (tertiary/aromatic N) is 2. The molecule has 0 bridgehead atoms. The largest absolute Gasteiger partial charge is 0.387 e. The Morgan fingerprint density at radius 3 is 2.39 bits per heavy atom. The standard InChI is InChI=1S/C16H34N4OS.HI/c1-6-17-15(19-11-16(21)7-10-22-12-16)18-8-9-20(13(2)3)14(4)5;/h13-14,21H,6-12H2,1-5H3,(H2,17,18,19);1H. The SMILES string of the molecule is CCNC(=NCC1(O)CCSC1)NCCN(C(C)C)C(C)C.I. The fourth-order valence-corrected chi connectivity index (χ4v) is 3.99. The molecule has 0 amide bonds. The molecule has 23 heavy (non-hydrogen) atoms. The van der Waals surface area contributed by atoms with Crippen LogP contribution in [0.2, 0.25) is 0 Å². The average molecular weight is 458 g/mol. The van der Waals surface area contributed by atoms with Gasteiger partial charge < -0.3 is 15.7 Å². The first kappa shape index (κ1) is 23.3. The van der Waals surface area contributed by atoms with Crippen LogP contribution in [-0.2, 0) is 0 Å². The molecule has 1 aliphatic rings. The van der Waals surface area contributed by atoms with Crippen molar-refractivity contribution < 1.29 is 5.11 Å². The van der Waals surface area contributed by atoms with E-state index in [1.54, 1.807) is 0 Å². The van der Waals surface area contributed by atoms with Gasteiger partial charge in [-0.05, 0) is 46.8 Å². The molecular formula is C16H35IN4OS. The van der Waals surface area contributed by atoms with Crippen LogP contribution in [0.15, 0.2) is 4.99 Å². The minimum atomic E-state index is -0.616. The molecule has 0 spiro atoms. The molecule has 1 rings (SSSR count). The molecule has 1 heterocycles. The molecule has 1 aliphatic heterocycles.